The lowest BCUT2D eigenvalue weighted by Crippen LogP contribution is -2.13. The number of nitrogens with one attached hydrogen (secondary N) is 1. The zero-order valence-electron chi connectivity index (χ0n) is 9.64. The molecule has 16 heavy (non-hydrogen) atoms. The standard InChI is InChI=1S/C13H16FNO/c1-3-6-15-8-13-9(2)11-7-10(14)4-5-12(11)16-13/h4-5,7,15H,3,6,8H2,1-2H3. The van der Waals surface area contributed by atoms with E-state index in [-0.39, 0.29) is 5.82 Å². The maximum atomic E-state index is 13.1. The number of fused-ring (bicyclic) bond motifs is 1. The number of hydrogen-bond donors (Lipinski definition) is 1. The Morgan fingerprint density at radius 3 is 2.94 bits per heavy atom. The Morgan fingerprint density at radius 2 is 2.19 bits per heavy atom. The van der Waals surface area contributed by atoms with Crippen molar-refractivity contribution in [2.45, 2.75) is 26.8 Å². The normalized spacial score (nSPS) is 11.2. The Morgan fingerprint density at radius 1 is 1.38 bits per heavy atom. The van der Waals surface area contributed by atoms with Crippen LogP contribution in [0.3, 0.4) is 0 Å². The van der Waals surface area contributed by atoms with Gasteiger partial charge in [0.15, 0.2) is 0 Å². The molecule has 0 saturated heterocycles. The molecule has 0 radical (unpaired) electrons. The van der Waals surface area contributed by atoms with Crippen molar-refractivity contribution in [1.82, 2.24) is 5.32 Å². The summed E-state index contributed by atoms with van der Waals surface area (Å²) in [5, 5.41) is 4.15. The van der Waals surface area contributed by atoms with Gasteiger partial charge >= 0.3 is 0 Å². The molecule has 1 aromatic heterocycles. The van der Waals surface area contributed by atoms with Crippen LogP contribution in [-0.2, 0) is 6.54 Å². The summed E-state index contributed by atoms with van der Waals surface area (Å²) < 4.78 is 18.7. The van der Waals surface area contributed by atoms with E-state index in [4.69, 9.17) is 4.42 Å². The molecular formula is C13H16FNO. The summed E-state index contributed by atoms with van der Waals surface area (Å²) in [6.45, 7) is 5.75. The van der Waals surface area contributed by atoms with Crippen LogP contribution in [0.25, 0.3) is 11.0 Å². The molecule has 0 fully saturated rings. The number of furan rings is 1. The van der Waals surface area contributed by atoms with Crippen LogP contribution in [0, 0.1) is 12.7 Å². The average molecular weight is 221 g/mol. The van der Waals surface area contributed by atoms with Gasteiger partial charge in [-0.05, 0) is 43.7 Å². The maximum absolute atomic E-state index is 13.1. The molecule has 0 aliphatic carbocycles. The Kier molecular flexibility index (Phi) is 3.25. The molecule has 86 valence electrons. The van der Waals surface area contributed by atoms with Gasteiger partial charge < -0.3 is 9.73 Å². The fourth-order valence-electron chi connectivity index (χ4n) is 1.79. The first kappa shape index (κ1) is 11.1. The zero-order chi connectivity index (χ0) is 11.5. The Labute approximate surface area is 94.4 Å². The number of hydrogen-bond acceptors (Lipinski definition) is 2. The van der Waals surface area contributed by atoms with Crippen molar-refractivity contribution in [1.29, 1.82) is 0 Å². The quantitative estimate of drug-likeness (QED) is 0.801. The number of benzene rings is 1. The second kappa shape index (κ2) is 4.66. The van der Waals surface area contributed by atoms with Gasteiger partial charge in [0.2, 0.25) is 0 Å². The molecule has 0 aliphatic heterocycles. The second-order valence-electron chi connectivity index (χ2n) is 3.97. The molecule has 2 nitrogen and oxygen atoms in total. The highest BCUT2D eigenvalue weighted by Gasteiger charge is 2.10. The third-order valence-electron chi connectivity index (χ3n) is 2.71. The molecule has 0 amide bonds. The third kappa shape index (κ3) is 2.09. The van der Waals surface area contributed by atoms with E-state index in [2.05, 4.69) is 12.2 Å². The Balaban J connectivity index is 2.29. The second-order valence-corrected chi connectivity index (χ2v) is 3.97. The first-order valence-corrected chi connectivity index (χ1v) is 5.60. The molecule has 0 unspecified atom stereocenters. The average Bonchev–Trinajstić information content (AvgIpc) is 2.57. The number of halogens is 1. The van der Waals surface area contributed by atoms with Crippen molar-refractivity contribution in [2.24, 2.45) is 0 Å². The van der Waals surface area contributed by atoms with Gasteiger partial charge in [-0.3, -0.25) is 0 Å². The molecule has 1 heterocycles. The molecule has 3 heteroatoms. The molecular weight excluding hydrogens is 205 g/mol. The van der Waals surface area contributed by atoms with Crippen LogP contribution in [0.4, 0.5) is 4.39 Å². The van der Waals surface area contributed by atoms with Crippen molar-refractivity contribution < 1.29 is 8.81 Å². The van der Waals surface area contributed by atoms with Gasteiger partial charge in [-0.15, -0.1) is 0 Å². The fourth-order valence-corrected chi connectivity index (χ4v) is 1.79. The molecule has 0 aliphatic rings. The van der Waals surface area contributed by atoms with E-state index in [9.17, 15) is 4.39 Å². The van der Waals surface area contributed by atoms with Crippen LogP contribution >= 0.6 is 0 Å². The van der Waals surface area contributed by atoms with Crippen molar-refractivity contribution in [3.05, 3.63) is 35.3 Å². The van der Waals surface area contributed by atoms with Crippen molar-refractivity contribution in [2.75, 3.05) is 6.54 Å². The fraction of sp³-hybridized carbons (Fsp3) is 0.385. The molecule has 1 N–H and O–H groups in total. The molecule has 0 bridgehead atoms. The highest BCUT2D eigenvalue weighted by Crippen LogP contribution is 2.25. The first-order chi connectivity index (χ1) is 7.72. The van der Waals surface area contributed by atoms with E-state index in [1.54, 1.807) is 6.07 Å². The van der Waals surface area contributed by atoms with Crippen molar-refractivity contribution in [3.63, 3.8) is 0 Å². The molecule has 0 atom stereocenters. The minimum atomic E-state index is -0.218. The van der Waals surface area contributed by atoms with Crippen molar-refractivity contribution in [3.8, 4) is 0 Å². The predicted molar refractivity (Wildman–Crippen MR) is 62.9 cm³/mol. The molecule has 0 saturated carbocycles. The van der Waals surface area contributed by atoms with E-state index in [1.165, 1.54) is 12.1 Å². The largest absolute Gasteiger partial charge is 0.459 e. The summed E-state index contributed by atoms with van der Waals surface area (Å²) in [6.07, 6.45) is 1.09. The third-order valence-corrected chi connectivity index (χ3v) is 2.71. The van der Waals surface area contributed by atoms with E-state index < -0.39 is 0 Å². The lowest BCUT2D eigenvalue weighted by Gasteiger charge is -2.00. The summed E-state index contributed by atoms with van der Waals surface area (Å²) in [7, 11) is 0. The Hall–Kier alpha value is -1.35. The van der Waals surface area contributed by atoms with Crippen LogP contribution in [0.1, 0.15) is 24.7 Å². The summed E-state index contributed by atoms with van der Waals surface area (Å²) >= 11 is 0. The van der Waals surface area contributed by atoms with Crippen LogP contribution in [0.2, 0.25) is 0 Å². The lowest BCUT2D eigenvalue weighted by atomic mass is 10.1. The van der Waals surface area contributed by atoms with Gasteiger partial charge in [0, 0.05) is 5.39 Å². The molecule has 2 rings (SSSR count). The topological polar surface area (TPSA) is 25.2 Å². The van der Waals surface area contributed by atoms with Gasteiger partial charge in [-0.1, -0.05) is 6.92 Å². The van der Waals surface area contributed by atoms with Gasteiger partial charge in [-0.2, -0.15) is 0 Å². The predicted octanol–water partition coefficient (Wildman–Crippen LogP) is 3.38. The lowest BCUT2D eigenvalue weighted by molar-refractivity contribution is 0.509. The zero-order valence-corrected chi connectivity index (χ0v) is 9.64. The number of rotatable bonds is 4. The van der Waals surface area contributed by atoms with Crippen molar-refractivity contribution >= 4 is 11.0 Å². The van der Waals surface area contributed by atoms with Gasteiger partial charge in [0.05, 0.1) is 6.54 Å². The van der Waals surface area contributed by atoms with E-state index >= 15 is 0 Å². The van der Waals surface area contributed by atoms with Gasteiger partial charge in [0.25, 0.3) is 0 Å². The minimum absolute atomic E-state index is 0.218. The maximum Gasteiger partial charge on any atom is 0.134 e. The number of aryl methyl sites for hydroxylation is 1. The molecule has 2 aromatic rings. The van der Waals surface area contributed by atoms with E-state index in [1.807, 2.05) is 6.92 Å². The highest BCUT2D eigenvalue weighted by atomic mass is 19.1. The summed E-state index contributed by atoms with van der Waals surface area (Å²) in [4.78, 5) is 0. The molecule has 0 spiro atoms. The van der Waals surface area contributed by atoms with Crippen LogP contribution in [0.5, 0.6) is 0 Å². The SMILES string of the molecule is CCCNCc1oc2ccc(F)cc2c1C. The summed E-state index contributed by atoms with van der Waals surface area (Å²) in [5.74, 6) is 0.679. The van der Waals surface area contributed by atoms with Gasteiger partial charge in [-0.25, -0.2) is 4.39 Å². The van der Waals surface area contributed by atoms with Crippen LogP contribution in [-0.4, -0.2) is 6.54 Å². The highest BCUT2D eigenvalue weighted by molar-refractivity contribution is 5.81. The van der Waals surface area contributed by atoms with E-state index in [0.29, 0.717) is 6.54 Å². The Bertz CT molecular complexity index is 490. The van der Waals surface area contributed by atoms with Crippen LogP contribution in [0.15, 0.2) is 22.6 Å². The molecule has 1 aromatic carbocycles. The van der Waals surface area contributed by atoms with Crippen LogP contribution < -0.4 is 5.32 Å². The monoisotopic (exact) mass is 221 g/mol. The smallest absolute Gasteiger partial charge is 0.134 e. The minimum Gasteiger partial charge on any atom is -0.459 e. The van der Waals surface area contributed by atoms with Gasteiger partial charge in [0.1, 0.15) is 17.2 Å². The first-order valence-electron chi connectivity index (χ1n) is 5.60. The summed E-state index contributed by atoms with van der Waals surface area (Å²) in [6, 6.07) is 4.63. The van der Waals surface area contributed by atoms with E-state index in [0.717, 1.165) is 35.3 Å². The summed E-state index contributed by atoms with van der Waals surface area (Å²) in [5.41, 5.74) is 1.78.